The Morgan fingerprint density at radius 2 is 2.00 bits per heavy atom. The Balaban J connectivity index is 1.44. The second-order valence-corrected chi connectivity index (χ2v) is 6.68. The van der Waals surface area contributed by atoms with Gasteiger partial charge in [-0.25, -0.2) is 4.79 Å². The van der Waals surface area contributed by atoms with Crippen molar-refractivity contribution in [2.24, 2.45) is 0 Å². The van der Waals surface area contributed by atoms with Crippen LogP contribution in [-0.2, 0) is 6.54 Å². The van der Waals surface area contributed by atoms with E-state index in [1.54, 1.807) is 12.0 Å². The summed E-state index contributed by atoms with van der Waals surface area (Å²) in [6.07, 6.45) is 1.71. The van der Waals surface area contributed by atoms with Crippen molar-refractivity contribution in [2.75, 3.05) is 13.7 Å². The van der Waals surface area contributed by atoms with Crippen LogP contribution in [0.15, 0.2) is 59.1 Å². The van der Waals surface area contributed by atoms with E-state index in [9.17, 15) is 4.79 Å². The van der Waals surface area contributed by atoms with E-state index in [1.807, 2.05) is 54.6 Å². The number of benzene rings is 2. The van der Waals surface area contributed by atoms with Crippen LogP contribution in [-0.4, -0.2) is 34.7 Å². The summed E-state index contributed by atoms with van der Waals surface area (Å²) in [4.78, 5) is 19.0. The lowest BCUT2D eigenvalue weighted by molar-refractivity contribution is 0.180. The molecule has 0 spiro atoms. The number of nitrogens with one attached hydrogen (secondary N) is 1. The molecule has 1 aromatic heterocycles. The summed E-state index contributed by atoms with van der Waals surface area (Å²) in [5, 5.41) is 7.06. The van der Waals surface area contributed by atoms with Gasteiger partial charge in [0.2, 0.25) is 11.7 Å². The van der Waals surface area contributed by atoms with Crippen LogP contribution in [0.3, 0.4) is 0 Å². The lowest BCUT2D eigenvalue weighted by Gasteiger charge is -2.22. The van der Waals surface area contributed by atoms with Crippen LogP contribution in [0.2, 0.25) is 0 Å². The molecule has 1 saturated heterocycles. The molecule has 0 radical (unpaired) electrons. The summed E-state index contributed by atoms with van der Waals surface area (Å²) >= 11 is 0. The third-order valence-corrected chi connectivity index (χ3v) is 4.88. The third kappa shape index (κ3) is 3.83. The van der Waals surface area contributed by atoms with Crippen molar-refractivity contribution in [2.45, 2.75) is 25.4 Å². The SMILES string of the molecule is COc1ccc(-c2noc([C@@H]3CCCN3C(=O)NCc3ccccc3)n2)cc1. The minimum atomic E-state index is -0.199. The topological polar surface area (TPSA) is 80.5 Å². The predicted molar refractivity (Wildman–Crippen MR) is 104 cm³/mol. The minimum absolute atomic E-state index is 0.115. The van der Waals surface area contributed by atoms with E-state index in [0.717, 1.165) is 29.7 Å². The fraction of sp³-hybridized carbons (Fsp3) is 0.286. The molecule has 0 saturated carbocycles. The summed E-state index contributed by atoms with van der Waals surface area (Å²) < 4.78 is 10.7. The lowest BCUT2D eigenvalue weighted by Crippen LogP contribution is -2.39. The number of ether oxygens (including phenoxy) is 1. The third-order valence-electron chi connectivity index (χ3n) is 4.88. The number of amides is 2. The Labute approximate surface area is 163 Å². The van der Waals surface area contributed by atoms with Crippen molar-refractivity contribution >= 4 is 6.03 Å². The largest absolute Gasteiger partial charge is 0.497 e. The number of nitrogens with zero attached hydrogens (tertiary/aromatic N) is 3. The fourth-order valence-electron chi connectivity index (χ4n) is 3.37. The maximum atomic E-state index is 12.7. The molecular formula is C21H22N4O3. The van der Waals surface area contributed by atoms with Gasteiger partial charge in [-0.05, 0) is 42.7 Å². The highest BCUT2D eigenvalue weighted by Crippen LogP contribution is 2.32. The maximum absolute atomic E-state index is 12.7. The van der Waals surface area contributed by atoms with E-state index in [4.69, 9.17) is 9.26 Å². The van der Waals surface area contributed by atoms with Crippen LogP contribution >= 0.6 is 0 Å². The number of likely N-dealkylation sites (tertiary alicyclic amines) is 1. The van der Waals surface area contributed by atoms with Crippen LogP contribution in [0.25, 0.3) is 11.4 Å². The first-order chi connectivity index (χ1) is 13.7. The summed E-state index contributed by atoms with van der Waals surface area (Å²) in [7, 11) is 1.62. The van der Waals surface area contributed by atoms with Crippen molar-refractivity contribution in [3.05, 3.63) is 66.1 Å². The fourth-order valence-corrected chi connectivity index (χ4v) is 3.37. The van der Waals surface area contributed by atoms with Gasteiger partial charge in [0.15, 0.2) is 0 Å². The van der Waals surface area contributed by atoms with Gasteiger partial charge in [-0.15, -0.1) is 0 Å². The molecule has 3 aromatic rings. The van der Waals surface area contributed by atoms with Gasteiger partial charge in [-0.2, -0.15) is 4.98 Å². The Hall–Kier alpha value is -3.35. The zero-order valence-electron chi connectivity index (χ0n) is 15.7. The molecule has 1 aliphatic heterocycles. The number of aromatic nitrogens is 2. The van der Waals surface area contributed by atoms with E-state index in [1.165, 1.54) is 0 Å². The molecule has 0 aliphatic carbocycles. The smallest absolute Gasteiger partial charge is 0.318 e. The highest BCUT2D eigenvalue weighted by Gasteiger charge is 2.34. The first-order valence-corrected chi connectivity index (χ1v) is 9.31. The Kier molecular flexibility index (Phi) is 5.23. The molecule has 28 heavy (non-hydrogen) atoms. The molecule has 1 fully saturated rings. The number of methoxy groups -OCH3 is 1. The molecule has 1 N–H and O–H groups in total. The molecule has 1 aliphatic rings. The Morgan fingerprint density at radius 3 is 2.75 bits per heavy atom. The summed E-state index contributed by atoms with van der Waals surface area (Å²) in [5.74, 6) is 1.75. The zero-order chi connectivity index (χ0) is 19.3. The second-order valence-electron chi connectivity index (χ2n) is 6.68. The number of rotatable bonds is 5. The summed E-state index contributed by atoms with van der Waals surface area (Å²) in [6.45, 7) is 1.16. The molecule has 7 nitrogen and oxygen atoms in total. The number of urea groups is 1. The molecule has 2 heterocycles. The van der Waals surface area contributed by atoms with Crippen molar-refractivity contribution in [3.8, 4) is 17.1 Å². The molecular weight excluding hydrogens is 356 g/mol. The van der Waals surface area contributed by atoms with E-state index in [-0.39, 0.29) is 12.1 Å². The lowest BCUT2D eigenvalue weighted by atomic mass is 10.2. The molecule has 2 amide bonds. The highest BCUT2D eigenvalue weighted by molar-refractivity contribution is 5.75. The van der Waals surface area contributed by atoms with Crippen LogP contribution in [0, 0.1) is 0 Å². The van der Waals surface area contributed by atoms with Crippen LogP contribution in [0.4, 0.5) is 4.79 Å². The molecule has 4 rings (SSSR count). The second kappa shape index (κ2) is 8.12. The van der Waals surface area contributed by atoms with E-state index >= 15 is 0 Å². The molecule has 144 valence electrons. The van der Waals surface area contributed by atoms with Gasteiger partial charge in [0.1, 0.15) is 11.8 Å². The molecule has 7 heteroatoms. The maximum Gasteiger partial charge on any atom is 0.318 e. The molecule has 2 aromatic carbocycles. The molecule has 0 unspecified atom stereocenters. The van der Waals surface area contributed by atoms with E-state index in [2.05, 4.69) is 15.5 Å². The Bertz CT molecular complexity index is 924. The summed E-state index contributed by atoms with van der Waals surface area (Å²) in [5.41, 5.74) is 1.90. The quantitative estimate of drug-likeness (QED) is 0.731. The number of carbonyl (C=O) groups excluding carboxylic acids is 1. The van der Waals surface area contributed by atoms with Crippen LogP contribution < -0.4 is 10.1 Å². The van der Waals surface area contributed by atoms with Crippen molar-refractivity contribution in [1.82, 2.24) is 20.4 Å². The summed E-state index contributed by atoms with van der Waals surface area (Å²) in [6, 6.07) is 17.0. The van der Waals surface area contributed by atoms with Gasteiger partial charge >= 0.3 is 6.03 Å². The standard InChI is InChI=1S/C21H22N4O3/c1-27-17-11-9-16(10-12-17)19-23-20(28-24-19)18-8-5-13-25(18)21(26)22-14-15-6-3-2-4-7-15/h2-4,6-7,9-12,18H,5,8,13-14H2,1H3,(H,22,26)/t18-/m0/s1. The van der Waals surface area contributed by atoms with Crippen molar-refractivity contribution in [1.29, 1.82) is 0 Å². The van der Waals surface area contributed by atoms with Crippen molar-refractivity contribution < 1.29 is 14.1 Å². The van der Waals surface area contributed by atoms with Crippen LogP contribution in [0.1, 0.15) is 30.3 Å². The van der Waals surface area contributed by atoms with Crippen molar-refractivity contribution in [3.63, 3.8) is 0 Å². The average molecular weight is 378 g/mol. The van der Waals surface area contributed by atoms with Crippen LogP contribution in [0.5, 0.6) is 5.75 Å². The van der Waals surface area contributed by atoms with E-state index < -0.39 is 0 Å². The zero-order valence-corrected chi connectivity index (χ0v) is 15.7. The highest BCUT2D eigenvalue weighted by atomic mass is 16.5. The van der Waals surface area contributed by atoms with Gasteiger partial charge in [-0.3, -0.25) is 0 Å². The average Bonchev–Trinajstić information content (AvgIpc) is 3.42. The van der Waals surface area contributed by atoms with Gasteiger partial charge in [0.25, 0.3) is 0 Å². The Morgan fingerprint density at radius 1 is 1.21 bits per heavy atom. The minimum Gasteiger partial charge on any atom is -0.497 e. The van der Waals surface area contributed by atoms with Gasteiger partial charge < -0.3 is 19.5 Å². The first kappa shape index (κ1) is 18.0. The normalized spacial score (nSPS) is 16.2. The monoisotopic (exact) mass is 378 g/mol. The number of carbonyl (C=O) groups is 1. The number of hydrogen-bond donors (Lipinski definition) is 1. The molecule has 1 atom stereocenters. The van der Waals surface area contributed by atoms with Gasteiger partial charge in [-0.1, -0.05) is 35.5 Å². The number of hydrogen-bond acceptors (Lipinski definition) is 5. The predicted octanol–water partition coefficient (Wildman–Crippen LogP) is 3.79. The van der Waals surface area contributed by atoms with E-state index in [0.29, 0.717) is 24.8 Å². The van der Waals surface area contributed by atoms with Gasteiger partial charge in [0.05, 0.1) is 7.11 Å². The van der Waals surface area contributed by atoms with Gasteiger partial charge in [0, 0.05) is 18.7 Å². The molecule has 0 bridgehead atoms. The first-order valence-electron chi connectivity index (χ1n) is 9.31.